The lowest BCUT2D eigenvalue weighted by atomic mass is 9.94. The first-order chi connectivity index (χ1) is 12.4. The molecule has 0 spiro atoms. The van der Waals surface area contributed by atoms with Crippen molar-refractivity contribution >= 4 is 27.5 Å². The van der Waals surface area contributed by atoms with Crippen LogP contribution in [0.25, 0.3) is 15.9 Å². The topological polar surface area (TPSA) is 91.4 Å². The molecular formula is C18H20N4O3S. The second-order valence-electron chi connectivity index (χ2n) is 6.83. The summed E-state index contributed by atoms with van der Waals surface area (Å²) in [6, 6.07) is 7.21. The summed E-state index contributed by atoms with van der Waals surface area (Å²) >= 11 is 1.49. The molecule has 0 saturated heterocycles. The lowest BCUT2D eigenvalue weighted by Gasteiger charge is -2.29. The van der Waals surface area contributed by atoms with Gasteiger partial charge in [0.2, 0.25) is 5.95 Å². The van der Waals surface area contributed by atoms with Gasteiger partial charge in [-0.05, 0) is 43.7 Å². The van der Waals surface area contributed by atoms with Crippen LogP contribution in [-0.4, -0.2) is 22.3 Å². The van der Waals surface area contributed by atoms with Gasteiger partial charge in [0.15, 0.2) is 0 Å². The van der Waals surface area contributed by atoms with Crippen molar-refractivity contribution in [1.29, 1.82) is 0 Å². The van der Waals surface area contributed by atoms with E-state index in [9.17, 15) is 4.79 Å². The van der Waals surface area contributed by atoms with E-state index in [-0.39, 0.29) is 11.2 Å². The Morgan fingerprint density at radius 1 is 1.35 bits per heavy atom. The number of nitrogens with one attached hydrogen (secondary N) is 1. The van der Waals surface area contributed by atoms with Crippen molar-refractivity contribution in [2.24, 2.45) is 5.84 Å². The highest BCUT2D eigenvalue weighted by molar-refractivity contribution is 7.18. The fourth-order valence-electron chi connectivity index (χ4n) is 3.26. The standard InChI is InChI=1S/C18H20N4O3S/c1-18(2)8-12-13(9-25-18)26-15-14(12)16(23)22(17(20-15)21-19)10-4-6-11(24-3)7-5-10/h4-7H,8-9,19H2,1-3H3,(H,20,21). The first-order valence-corrected chi connectivity index (χ1v) is 9.07. The van der Waals surface area contributed by atoms with Gasteiger partial charge in [-0.3, -0.25) is 10.2 Å². The number of fused-ring (bicyclic) bond motifs is 3. The smallest absolute Gasteiger partial charge is 0.268 e. The van der Waals surface area contributed by atoms with Gasteiger partial charge in [-0.25, -0.2) is 15.4 Å². The molecule has 0 fully saturated rings. The largest absolute Gasteiger partial charge is 0.497 e. The highest BCUT2D eigenvalue weighted by Crippen LogP contribution is 2.37. The van der Waals surface area contributed by atoms with Gasteiger partial charge in [-0.2, -0.15) is 0 Å². The van der Waals surface area contributed by atoms with E-state index in [2.05, 4.69) is 10.4 Å². The number of nitrogens with zero attached hydrogens (tertiary/aromatic N) is 2. The lowest BCUT2D eigenvalue weighted by molar-refractivity contribution is -0.0379. The Morgan fingerprint density at radius 3 is 2.73 bits per heavy atom. The first kappa shape index (κ1) is 17.0. The number of aromatic nitrogens is 2. The van der Waals surface area contributed by atoms with Crippen LogP contribution in [0.1, 0.15) is 24.3 Å². The number of hydrogen-bond acceptors (Lipinski definition) is 7. The molecule has 0 amide bonds. The van der Waals surface area contributed by atoms with Crippen LogP contribution in [0.5, 0.6) is 5.75 Å². The van der Waals surface area contributed by atoms with Crippen molar-refractivity contribution in [3.8, 4) is 11.4 Å². The fraction of sp³-hybridized carbons (Fsp3) is 0.333. The summed E-state index contributed by atoms with van der Waals surface area (Å²) in [5, 5.41) is 0.649. The van der Waals surface area contributed by atoms with Gasteiger partial charge in [0.25, 0.3) is 5.56 Å². The molecule has 2 aromatic heterocycles. The minimum Gasteiger partial charge on any atom is -0.497 e. The van der Waals surface area contributed by atoms with Gasteiger partial charge >= 0.3 is 0 Å². The normalized spacial score (nSPS) is 15.7. The van der Waals surface area contributed by atoms with E-state index >= 15 is 0 Å². The summed E-state index contributed by atoms with van der Waals surface area (Å²) in [6.07, 6.45) is 0.678. The highest BCUT2D eigenvalue weighted by atomic mass is 32.1. The molecule has 4 rings (SSSR count). The van der Waals surface area contributed by atoms with Crippen LogP contribution >= 0.6 is 11.3 Å². The molecule has 26 heavy (non-hydrogen) atoms. The molecule has 1 aromatic carbocycles. The third-order valence-electron chi connectivity index (χ3n) is 4.56. The van der Waals surface area contributed by atoms with Crippen LogP contribution in [0, 0.1) is 0 Å². The van der Waals surface area contributed by atoms with E-state index in [1.165, 1.54) is 15.9 Å². The van der Waals surface area contributed by atoms with Gasteiger partial charge in [0, 0.05) is 11.3 Å². The summed E-state index contributed by atoms with van der Waals surface area (Å²) < 4.78 is 12.6. The fourth-order valence-corrected chi connectivity index (χ4v) is 4.35. The van der Waals surface area contributed by atoms with E-state index in [0.717, 1.165) is 10.4 Å². The summed E-state index contributed by atoms with van der Waals surface area (Å²) in [4.78, 5) is 19.7. The average molecular weight is 372 g/mol. The summed E-state index contributed by atoms with van der Waals surface area (Å²) in [5.74, 6) is 6.66. The predicted octanol–water partition coefficient (Wildman–Crippen LogP) is 2.59. The van der Waals surface area contributed by atoms with E-state index in [0.29, 0.717) is 40.6 Å². The molecule has 8 heteroatoms. The van der Waals surface area contributed by atoms with Crippen LogP contribution in [0.3, 0.4) is 0 Å². The third kappa shape index (κ3) is 2.66. The number of ether oxygens (including phenoxy) is 2. The average Bonchev–Trinajstić information content (AvgIpc) is 2.98. The molecule has 3 heterocycles. The molecule has 3 N–H and O–H groups in total. The first-order valence-electron chi connectivity index (χ1n) is 8.26. The number of hydrogen-bond donors (Lipinski definition) is 2. The summed E-state index contributed by atoms with van der Waals surface area (Å²) in [6.45, 7) is 4.56. The number of methoxy groups -OCH3 is 1. The summed E-state index contributed by atoms with van der Waals surface area (Å²) in [5.41, 5.74) is 3.81. The molecule has 0 atom stereocenters. The Bertz CT molecular complexity index is 1040. The maximum absolute atomic E-state index is 13.4. The molecule has 3 aromatic rings. The monoisotopic (exact) mass is 372 g/mol. The number of anilines is 1. The Labute approximate surface area is 154 Å². The minimum atomic E-state index is -0.302. The van der Waals surface area contributed by atoms with Crippen molar-refractivity contribution in [3.05, 3.63) is 45.1 Å². The Kier molecular flexibility index (Phi) is 3.98. The Hall–Kier alpha value is -2.42. The van der Waals surface area contributed by atoms with Gasteiger partial charge < -0.3 is 9.47 Å². The number of nitrogens with two attached hydrogens (primary N) is 1. The number of rotatable bonds is 3. The van der Waals surface area contributed by atoms with Crippen molar-refractivity contribution in [3.63, 3.8) is 0 Å². The molecule has 7 nitrogen and oxygen atoms in total. The quantitative estimate of drug-likeness (QED) is 0.542. The van der Waals surface area contributed by atoms with Crippen LogP contribution in [0.2, 0.25) is 0 Å². The molecule has 136 valence electrons. The Balaban J connectivity index is 1.98. The second-order valence-corrected chi connectivity index (χ2v) is 7.91. The number of hydrazine groups is 1. The molecule has 0 radical (unpaired) electrons. The number of nitrogen functional groups attached to an aromatic ring is 1. The van der Waals surface area contributed by atoms with Crippen molar-refractivity contribution in [2.75, 3.05) is 12.5 Å². The van der Waals surface area contributed by atoms with E-state index in [4.69, 9.17) is 15.3 Å². The van der Waals surface area contributed by atoms with Crippen LogP contribution in [-0.2, 0) is 17.8 Å². The molecule has 0 saturated carbocycles. The van der Waals surface area contributed by atoms with Crippen molar-refractivity contribution in [1.82, 2.24) is 9.55 Å². The minimum absolute atomic E-state index is 0.136. The molecule has 1 aliphatic heterocycles. The maximum Gasteiger partial charge on any atom is 0.268 e. The number of thiophene rings is 1. The third-order valence-corrected chi connectivity index (χ3v) is 5.66. The summed E-state index contributed by atoms with van der Waals surface area (Å²) in [7, 11) is 1.60. The van der Waals surface area contributed by atoms with Gasteiger partial charge in [-0.1, -0.05) is 0 Å². The molecule has 0 bridgehead atoms. The van der Waals surface area contributed by atoms with Crippen LogP contribution in [0.4, 0.5) is 5.95 Å². The maximum atomic E-state index is 13.4. The molecular weight excluding hydrogens is 352 g/mol. The van der Waals surface area contributed by atoms with Gasteiger partial charge in [0.05, 0.1) is 30.4 Å². The SMILES string of the molecule is COc1ccc(-n2c(NN)nc3sc4c(c3c2=O)CC(C)(C)OC4)cc1. The van der Waals surface area contributed by atoms with E-state index in [1.54, 1.807) is 31.4 Å². The molecule has 0 unspecified atom stereocenters. The molecule has 0 aliphatic carbocycles. The zero-order chi connectivity index (χ0) is 18.5. The van der Waals surface area contributed by atoms with Gasteiger partial charge in [0.1, 0.15) is 10.6 Å². The molecule has 1 aliphatic rings. The van der Waals surface area contributed by atoms with Crippen molar-refractivity contribution in [2.45, 2.75) is 32.5 Å². The zero-order valence-electron chi connectivity index (χ0n) is 14.8. The van der Waals surface area contributed by atoms with Crippen LogP contribution in [0.15, 0.2) is 29.1 Å². The predicted molar refractivity (Wildman–Crippen MR) is 102 cm³/mol. The lowest BCUT2D eigenvalue weighted by Crippen LogP contribution is -2.32. The zero-order valence-corrected chi connectivity index (χ0v) is 15.6. The van der Waals surface area contributed by atoms with E-state index in [1.807, 2.05) is 13.8 Å². The number of benzene rings is 1. The second kappa shape index (κ2) is 6.08. The highest BCUT2D eigenvalue weighted by Gasteiger charge is 2.31. The van der Waals surface area contributed by atoms with Crippen LogP contribution < -0.4 is 21.6 Å². The van der Waals surface area contributed by atoms with E-state index < -0.39 is 0 Å². The Morgan fingerprint density at radius 2 is 2.08 bits per heavy atom. The van der Waals surface area contributed by atoms with Crippen molar-refractivity contribution < 1.29 is 9.47 Å². The van der Waals surface area contributed by atoms with Gasteiger partial charge in [-0.15, -0.1) is 11.3 Å².